The highest BCUT2D eigenvalue weighted by Gasteiger charge is 2.33. The summed E-state index contributed by atoms with van der Waals surface area (Å²) in [5.41, 5.74) is 1.23. The van der Waals surface area contributed by atoms with Crippen molar-refractivity contribution in [1.82, 2.24) is 4.90 Å². The average molecular weight is 260 g/mol. The summed E-state index contributed by atoms with van der Waals surface area (Å²) in [4.78, 5) is 2.59. The number of ether oxygens (including phenoxy) is 1. The molecule has 2 aliphatic heterocycles. The van der Waals surface area contributed by atoms with Crippen LogP contribution in [0.2, 0.25) is 0 Å². The van der Waals surface area contributed by atoms with Crippen molar-refractivity contribution in [3.05, 3.63) is 24.3 Å². The average Bonchev–Trinajstić information content (AvgIpc) is 2.84. The summed E-state index contributed by atoms with van der Waals surface area (Å²) >= 11 is 0. The molecule has 0 aromatic heterocycles. The van der Waals surface area contributed by atoms with Crippen molar-refractivity contribution in [2.75, 3.05) is 31.6 Å². The zero-order chi connectivity index (χ0) is 13.1. The van der Waals surface area contributed by atoms with Crippen molar-refractivity contribution in [3.8, 4) is 5.75 Å². The number of nitrogens with one attached hydrogen (secondary N) is 1. The number of benzene rings is 1. The minimum atomic E-state index is 0.654. The number of nitrogens with zero attached hydrogens (tertiary/aromatic N) is 1. The van der Waals surface area contributed by atoms with E-state index in [0.717, 1.165) is 24.7 Å². The van der Waals surface area contributed by atoms with Crippen molar-refractivity contribution in [2.45, 2.75) is 32.2 Å². The zero-order valence-corrected chi connectivity index (χ0v) is 11.8. The Balaban J connectivity index is 1.57. The van der Waals surface area contributed by atoms with Gasteiger partial charge in [-0.15, -0.1) is 0 Å². The predicted molar refractivity (Wildman–Crippen MR) is 78.8 cm³/mol. The maximum absolute atomic E-state index is 5.61. The highest BCUT2D eigenvalue weighted by atomic mass is 16.5. The lowest BCUT2D eigenvalue weighted by molar-refractivity contribution is 0.255. The third-order valence-corrected chi connectivity index (χ3v) is 4.31. The second kappa shape index (κ2) is 5.83. The molecule has 19 heavy (non-hydrogen) atoms. The van der Waals surface area contributed by atoms with Crippen molar-refractivity contribution >= 4 is 5.69 Å². The minimum absolute atomic E-state index is 0.654. The molecule has 1 N–H and O–H groups in total. The third kappa shape index (κ3) is 3.03. The van der Waals surface area contributed by atoms with Gasteiger partial charge >= 0.3 is 0 Å². The van der Waals surface area contributed by atoms with E-state index in [9.17, 15) is 0 Å². The standard InChI is InChI=1S/C16H24N2O/c1-2-11-19-15-5-3-14(4-6-15)17-16-8-10-18-9-7-13(16)12-18/h3-6,13,16-17H,2,7-12H2,1H3. The molecule has 3 rings (SSSR count). The Morgan fingerprint density at radius 3 is 2.79 bits per heavy atom. The summed E-state index contributed by atoms with van der Waals surface area (Å²) in [6.45, 7) is 6.77. The van der Waals surface area contributed by atoms with E-state index in [0.29, 0.717) is 6.04 Å². The molecule has 1 aromatic carbocycles. The Bertz CT molecular complexity index is 404. The second-order valence-electron chi connectivity index (χ2n) is 5.76. The van der Waals surface area contributed by atoms with Gasteiger partial charge in [0.15, 0.2) is 0 Å². The van der Waals surface area contributed by atoms with E-state index >= 15 is 0 Å². The fraction of sp³-hybridized carbons (Fsp3) is 0.625. The Hall–Kier alpha value is -1.22. The largest absolute Gasteiger partial charge is 0.494 e. The first-order valence-electron chi connectivity index (χ1n) is 7.57. The lowest BCUT2D eigenvalue weighted by Crippen LogP contribution is -2.39. The van der Waals surface area contributed by atoms with Gasteiger partial charge in [-0.2, -0.15) is 0 Å². The molecular formula is C16H24N2O. The lowest BCUT2D eigenvalue weighted by atomic mass is 9.94. The van der Waals surface area contributed by atoms with Crippen molar-refractivity contribution in [1.29, 1.82) is 0 Å². The van der Waals surface area contributed by atoms with Gasteiger partial charge in [0.2, 0.25) is 0 Å². The molecule has 2 aliphatic rings. The molecular weight excluding hydrogens is 236 g/mol. The first-order valence-corrected chi connectivity index (χ1v) is 7.57. The molecule has 0 aliphatic carbocycles. The Kier molecular flexibility index (Phi) is 3.92. The second-order valence-corrected chi connectivity index (χ2v) is 5.76. The highest BCUT2D eigenvalue weighted by Crippen LogP contribution is 2.29. The van der Waals surface area contributed by atoms with Gasteiger partial charge in [-0.1, -0.05) is 6.92 Å². The summed E-state index contributed by atoms with van der Waals surface area (Å²) in [6.07, 6.45) is 3.69. The van der Waals surface area contributed by atoms with E-state index in [1.54, 1.807) is 0 Å². The van der Waals surface area contributed by atoms with Crippen LogP contribution >= 0.6 is 0 Å². The smallest absolute Gasteiger partial charge is 0.119 e. The van der Waals surface area contributed by atoms with Crippen LogP contribution in [0, 0.1) is 5.92 Å². The van der Waals surface area contributed by atoms with Gasteiger partial charge in [-0.25, -0.2) is 0 Å². The molecule has 3 unspecified atom stereocenters. The van der Waals surface area contributed by atoms with Gasteiger partial charge in [0.05, 0.1) is 6.61 Å². The Labute approximate surface area is 115 Å². The van der Waals surface area contributed by atoms with Crippen LogP contribution in [0.4, 0.5) is 5.69 Å². The minimum Gasteiger partial charge on any atom is -0.494 e. The first kappa shape index (κ1) is 12.8. The molecule has 1 aromatic rings. The van der Waals surface area contributed by atoms with Crippen LogP contribution in [0.15, 0.2) is 24.3 Å². The van der Waals surface area contributed by atoms with Gasteiger partial charge < -0.3 is 15.0 Å². The molecule has 3 nitrogen and oxygen atoms in total. The SMILES string of the molecule is CCCOc1ccc(NC2CCN3CCC2C3)cc1. The van der Waals surface area contributed by atoms with Crippen LogP contribution in [0.1, 0.15) is 26.2 Å². The molecule has 104 valence electrons. The van der Waals surface area contributed by atoms with Crippen LogP contribution in [0.3, 0.4) is 0 Å². The monoisotopic (exact) mass is 260 g/mol. The van der Waals surface area contributed by atoms with Crippen LogP contribution in [-0.2, 0) is 0 Å². The fourth-order valence-electron chi connectivity index (χ4n) is 3.22. The van der Waals surface area contributed by atoms with Gasteiger partial charge in [0.25, 0.3) is 0 Å². The van der Waals surface area contributed by atoms with Gasteiger partial charge in [-0.05, 0) is 56.0 Å². The molecule has 2 heterocycles. The number of rotatable bonds is 5. The molecule has 2 fully saturated rings. The van der Waals surface area contributed by atoms with Crippen molar-refractivity contribution < 1.29 is 4.74 Å². The number of fused-ring (bicyclic) bond motifs is 2. The number of piperidine rings is 1. The number of anilines is 1. The van der Waals surface area contributed by atoms with Crippen LogP contribution in [-0.4, -0.2) is 37.2 Å². The first-order chi connectivity index (χ1) is 9.35. The molecule has 2 bridgehead atoms. The summed E-state index contributed by atoms with van der Waals surface area (Å²) in [6, 6.07) is 9.09. The molecule has 0 saturated carbocycles. The zero-order valence-electron chi connectivity index (χ0n) is 11.8. The van der Waals surface area contributed by atoms with Crippen molar-refractivity contribution in [2.24, 2.45) is 5.92 Å². The van der Waals surface area contributed by atoms with Crippen LogP contribution < -0.4 is 10.1 Å². The fourth-order valence-corrected chi connectivity index (χ4v) is 3.22. The van der Waals surface area contributed by atoms with E-state index in [-0.39, 0.29) is 0 Å². The van der Waals surface area contributed by atoms with Crippen molar-refractivity contribution in [3.63, 3.8) is 0 Å². The van der Waals surface area contributed by atoms with Gasteiger partial charge in [-0.3, -0.25) is 0 Å². The molecule has 3 atom stereocenters. The summed E-state index contributed by atoms with van der Waals surface area (Å²) in [5, 5.41) is 3.71. The van der Waals surface area contributed by atoms with E-state index in [1.165, 1.54) is 38.2 Å². The summed E-state index contributed by atoms with van der Waals surface area (Å²) in [5.74, 6) is 1.81. The topological polar surface area (TPSA) is 24.5 Å². The molecule has 3 heteroatoms. The molecule has 0 radical (unpaired) electrons. The molecule has 2 saturated heterocycles. The maximum atomic E-state index is 5.61. The third-order valence-electron chi connectivity index (χ3n) is 4.31. The van der Waals surface area contributed by atoms with E-state index in [2.05, 4.69) is 41.4 Å². The van der Waals surface area contributed by atoms with Crippen LogP contribution in [0.5, 0.6) is 5.75 Å². The van der Waals surface area contributed by atoms with E-state index in [4.69, 9.17) is 4.74 Å². The summed E-state index contributed by atoms with van der Waals surface area (Å²) in [7, 11) is 0. The quantitative estimate of drug-likeness (QED) is 0.881. The number of hydrogen-bond donors (Lipinski definition) is 1. The lowest BCUT2D eigenvalue weighted by Gasteiger charge is -2.31. The van der Waals surface area contributed by atoms with Crippen LogP contribution in [0.25, 0.3) is 0 Å². The van der Waals surface area contributed by atoms with Gasteiger partial charge in [0.1, 0.15) is 5.75 Å². The predicted octanol–water partition coefficient (Wildman–Crippen LogP) is 2.98. The van der Waals surface area contributed by atoms with E-state index < -0.39 is 0 Å². The molecule has 0 spiro atoms. The normalized spacial score (nSPS) is 29.2. The van der Waals surface area contributed by atoms with Gasteiger partial charge in [0, 0.05) is 24.8 Å². The Morgan fingerprint density at radius 2 is 2.00 bits per heavy atom. The molecule has 0 amide bonds. The maximum Gasteiger partial charge on any atom is 0.119 e. The highest BCUT2D eigenvalue weighted by molar-refractivity contribution is 5.47. The Morgan fingerprint density at radius 1 is 1.21 bits per heavy atom. The number of hydrogen-bond acceptors (Lipinski definition) is 3. The van der Waals surface area contributed by atoms with E-state index in [1.807, 2.05) is 0 Å². The summed E-state index contributed by atoms with van der Waals surface area (Å²) < 4.78 is 5.61.